The predicted octanol–water partition coefficient (Wildman–Crippen LogP) is 3.05. The number of piperidine rings is 1. The van der Waals surface area contributed by atoms with Gasteiger partial charge >= 0.3 is 0 Å². The Morgan fingerprint density at radius 1 is 1.17 bits per heavy atom. The van der Waals surface area contributed by atoms with Gasteiger partial charge in [-0.05, 0) is 36.7 Å². The van der Waals surface area contributed by atoms with Crippen LogP contribution in [0.25, 0.3) is 0 Å². The summed E-state index contributed by atoms with van der Waals surface area (Å²) >= 11 is 0. The van der Waals surface area contributed by atoms with Gasteiger partial charge in [-0.15, -0.1) is 0 Å². The zero-order chi connectivity index (χ0) is 12.5. The van der Waals surface area contributed by atoms with Crippen LogP contribution in [0.3, 0.4) is 0 Å². The van der Waals surface area contributed by atoms with Gasteiger partial charge in [0.15, 0.2) is 0 Å². The van der Waals surface area contributed by atoms with E-state index in [1.807, 2.05) is 0 Å². The molecule has 1 saturated carbocycles. The van der Waals surface area contributed by atoms with Gasteiger partial charge in [-0.2, -0.15) is 0 Å². The van der Waals surface area contributed by atoms with Crippen molar-refractivity contribution in [1.82, 2.24) is 4.90 Å². The van der Waals surface area contributed by atoms with E-state index in [2.05, 4.69) is 42.2 Å². The van der Waals surface area contributed by atoms with Gasteiger partial charge < -0.3 is 4.90 Å². The predicted molar refractivity (Wildman–Crippen MR) is 72.3 cm³/mol. The Balaban J connectivity index is 1.66. The summed E-state index contributed by atoms with van der Waals surface area (Å²) in [6.45, 7) is 4.16. The lowest BCUT2D eigenvalue weighted by Gasteiger charge is -2.37. The van der Waals surface area contributed by atoms with Crippen LogP contribution in [0, 0.1) is 11.8 Å². The molecule has 1 amide bonds. The van der Waals surface area contributed by atoms with Crippen LogP contribution in [-0.4, -0.2) is 23.9 Å². The molecule has 0 radical (unpaired) electrons. The number of nitrogens with zero attached hydrogens (tertiary/aromatic N) is 1. The quantitative estimate of drug-likeness (QED) is 0.782. The minimum absolute atomic E-state index is 0.366. The van der Waals surface area contributed by atoms with Crippen LogP contribution in [0.2, 0.25) is 0 Å². The number of amides is 1. The zero-order valence-corrected chi connectivity index (χ0v) is 11.0. The fourth-order valence-electron chi connectivity index (χ4n) is 3.13. The SMILES string of the molecule is CC1CN(C(=O)C2CC2)CCC1c1ccccc1. The molecule has 1 aromatic rings. The zero-order valence-electron chi connectivity index (χ0n) is 11.0. The molecular formula is C16H21NO. The summed E-state index contributed by atoms with van der Waals surface area (Å²) in [6.07, 6.45) is 3.35. The first-order chi connectivity index (χ1) is 8.75. The van der Waals surface area contributed by atoms with Crippen molar-refractivity contribution in [2.75, 3.05) is 13.1 Å². The monoisotopic (exact) mass is 243 g/mol. The van der Waals surface area contributed by atoms with E-state index in [9.17, 15) is 4.79 Å². The maximum Gasteiger partial charge on any atom is 0.225 e. The molecular weight excluding hydrogens is 222 g/mol. The van der Waals surface area contributed by atoms with Crippen molar-refractivity contribution in [3.8, 4) is 0 Å². The van der Waals surface area contributed by atoms with Crippen LogP contribution >= 0.6 is 0 Å². The summed E-state index contributed by atoms with van der Waals surface area (Å²) in [5.41, 5.74) is 1.43. The van der Waals surface area contributed by atoms with Crippen LogP contribution < -0.4 is 0 Å². The number of likely N-dealkylation sites (tertiary alicyclic amines) is 1. The highest BCUT2D eigenvalue weighted by molar-refractivity contribution is 5.81. The molecule has 2 nitrogen and oxygen atoms in total. The molecule has 2 heteroatoms. The average Bonchev–Trinajstić information content (AvgIpc) is 3.23. The Morgan fingerprint density at radius 3 is 2.50 bits per heavy atom. The molecule has 2 atom stereocenters. The van der Waals surface area contributed by atoms with Gasteiger partial charge in [-0.3, -0.25) is 4.79 Å². The first-order valence-corrected chi connectivity index (χ1v) is 7.09. The van der Waals surface area contributed by atoms with Crippen LogP contribution in [-0.2, 0) is 4.79 Å². The van der Waals surface area contributed by atoms with Crippen LogP contribution in [0.4, 0.5) is 0 Å². The van der Waals surface area contributed by atoms with E-state index in [1.165, 1.54) is 5.56 Å². The third-order valence-electron chi connectivity index (χ3n) is 4.37. The second-order valence-corrected chi connectivity index (χ2v) is 5.84. The summed E-state index contributed by atoms with van der Waals surface area (Å²) in [6, 6.07) is 10.7. The molecule has 0 bridgehead atoms. The molecule has 2 unspecified atom stereocenters. The van der Waals surface area contributed by atoms with E-state index < -0.39 is 0 Å². The molecule has 3 rings (SSSR count). The van der Waals surface area contributed by atoms with Crippen molar-refractivity contribution in [3.63, 3.8) is 0 Å². The van der Waals surface area contributed by atoms with Crippen molar-refractivity contribution in [3.05, 3.63) is 35.9 Å². The highest BCUT2D eigenvalue weighted by Crippen LogP contribution is 2.36. The first-order valence-electron chi connectivity index (χ1n) is 7.09. The second kappa shape index (κ2) is 4.75. The van der Waals surface area contributed by atoms with Gasteiger partial charge in [0.25, 0.3) is 0 Å². The lowest BCUT2D eigenvalue weighted by molar-refractivity contribution is -0.134. The van der Waals surface area contributed by atoms with Crippen molar-refractivity contribution < 1.29 is 4.79 Å². The number of carbonyl (C=O) groups excluding carboxylic acids is 1. The van der Waals surface area contributed by atoms with E-state index in [4.69, 9.17) is 0 Å². The molecule has 96 valence electrons. The van der Waals surface area contributed by atoms with E-state index >= 15 is 0 Å². The summed E-state index contributed by atoms with van der Waals surface area (Å²) in [5, 5.41) is 0. The number of benzene rings is 1. The van der Waals surface area contributed by atoms with E-state index in [0.717, 1.165) is 32.4 Å². The second-order valence-electron chi connectivity index (χ2n) is 5.84. The largest absolute Gasteiger partial charge is 0.342 e. The molecule has 0 aromatic heterocycles. The van der Waals surface area contributed by atoms with E-state index in [0.29, 0.717) is 23.7 Å². The number of rotatable bonds is 2. The maximum absolute atomic E-state index is 12.1. The summed E-state index contributed by atoms with van der Waals surface area (Å²) in [4.78, 5) is 14.2. The Labute approximate surface area is 109 Å². The van der Waals surface area contributed by atoms with Gasteiger partial charge in [0.1, 0.15) is 0 Å². The average molecular weight is 243 g/mol. The number of hydrogen-bond acceptors (Lipinski definition) is 1. The van der Waals surface area contributed by atoms with Gasteiger partial charge in [0.05, 0.1) is 0 Å². The van der Waals surface area contributed by atoms with Crippen LogP contribution in [0.15, 0.2) is 30.3 Å². The van der Waals surface area contributed by atoms with Crippen LogP contribution in [0.1, 0.15) is 37.7 Å². The summed E-state index contributed by atoms with van der Waals surface area (Å²) in [7, 11) is 0. The third kappa shape index (κ3) is 2.29. The normalized spacial score (nSPS) is 28.2. The van der Waals surface area contributed by atoms with Crippen molar-refractivity contribution >= 4 is 5.91 Å². The topological polar surface area (TPSA) is 20.3 Å². The molecule has 0 N–H and O–H groups in total. The molecule has 0 spiro atoms. The maximum atomic E-state index is 12.1. The van der Waals surface area contributed by atoms with Gasteiger partial charge in [0.2, 0.25) is 5.91 Å². The number of carbonyl (C=O) groups is 1. The van der Waals surface area contributed by atoms with Crippen molar-refractivity contribution in [2.45, 2.75) is 32.1 Å². The minimum atomic E-state index is 0.366. The molecule has 18 heavy (non-hydrogen) atoms. The molecule has 2 fully saturated rings. The van der Waals surface area contributed by atoms with Gasteiger partial charge in [0, 0.05) is 19.0 Å². The minimum Gasteiger partial charge on any atom is -0.342 e. The highest BCUT2D eigenvalue weighted by atomic mass is 16.2. The van der Waals surface area contributed by atoms with Gasteiger partial charge in [-0.1, -0.05) is 37.3 Å². The first kappa shape index (κ1) is 11.8. The van der Waals surface area contributed by atoms with Crippen molar-refractivity contribution in [2.24, 2.45) is 11.8 Å². The summed E-state index contributed by atoms with van der Waals surface area (Å²) < 4.78 is 0. The Morgan fingerprint density at radius 2 is 1.89 bits per heavy atom. The van der Waals surface area contributed by atoms with E-state index in [-0.39, 0.29) is 0 Å². The molecule has 1 heterocycles. The van der Waals surface area contributed by atoms with Gasteiger partial charge in [-0.25, -0.2) is 0 Å². The van der Waals surface area contributed by atoms with Crippen LogP contribution in [0.5, 0.6) is 0 Å². The Bertz CT molecular complexity index is 424. The van der Waals surface area contributed by atoms with Crippen molar-refractivity contribution in [1.29, 1.82) is 0 Å². The molecule has 1 aliphatic heterocycles. The van der Waals surface area contributed by atoms with E-state index in [1.54, 1.807) is 0 Å². The smallest absolute Gasteiger partial charge is 0.225 e. The third-order valence-corrected chi connectivity index (χ3v) is 4.37. The molecule has 1 aliphatic carbocycles. The molecule has 1 aromatic carbocycles. The lowest BCUT2D eigenvalue weighted by atomic mass is 9.81. The fourth-order valence-corrected chi connectivity index (χ4v) is 3.13. The standard InChI is InChI=1S/C16H21NO/c1-12-11-17(16(18)14-7-8-14)10-9-15(12)13-5-3-2-4-6-13/h2-6,12,14-15H,7-11H2,1H3. The summed E-state index contributed by atoms with van der Waals surface area (Å²) in [5.74, 6) is 1.97. The number of hydrogen-bond donors (Lipinski definition) is 0. The molecule has 2 aliphatic rings. The Kier molecular flexibility index (Phi) is 3.11. The fraction of sp³-hybridized carbons (Fsp3) is 0.562. The Hall–Kier alpha value is -1.31. The highest BCUT2D eigenvalue weighted by Gasteiger charge is 2.36. The lowest BCUT2D eigenvalue weighted by Crippen LogP contribution is -2.42. The molecule has 1 saturated heterocycles.